The number of aryl methyl sites for hydroxylation is 3. The zero-order chi connectivity index (χ0) is 23.5. The highest BCUT2D eigenvalue weighted by atomic mass is 35.5. The SMILES string of the molecule is Cc1ccc(NC(=O)CSc2nnc(-c3ccc(Cl)cc3Cl)n2-c2ccccc2C)c(C)c1. The summed E-state index contributed by atoms with van der Waals surface area (Å²) in [6, 6.07) is 19.2. The molecule has 168 valence electrons. The van der Waals surface area contributed by atoms with Crippen LogP contribution in [0.15, 0.2) is 65.8 Å². The van der Waals surface area contributed by atoms with Crippen LogP contribution in [0.3, 0.4) is 0 Å². The molecule has 1 aromatic heterocycles. The van der Waals surface area contributed by atoms with Crippen molar-refractivity contribution in [2.24, 2.45) is 0 Å². The zero-order valence-electron chi connectivity index (χ0n) is 18.4. The third-order valence-corrected chi connectivity index (χ3v) is 6.63. The normalized spacial score (nSPS) is 10.9. The Labute approximate surface area is 207 Å². The van der Waals surface area contributed by atoms with Crippen molar-refractivity contribution in [3.05, 3.63) is 87.4 Å². The highest BCUT2D eigenvalue weighted by Gasteiger charge is 2.20. The molecule has 0 aliphatic carbocycles. The number of carbonyl (C=O) groups is 1. The Bertz CT molecular complexity index is 1340. The fourth-order valence-corrected chi connectivity index (χ4v) is 4.75. The van der Waals surface area contributed by atoms with Crippen molar-refractivity contribution in [2.45, 2.75) is 25.9 Å². The van der Waals surface area contributed by atoms with Crippen LogP contribution in [0.1, 0.15) is 16.7 Å². The number of benzene rings is 3. The van der Waals surface area contributed by atoms with Crippen molar-refractivity contribution >= 4 is 46.6 Å². The average Bonchev–Trinajstić information content (AvgIpc) is 3.18. The molecule has 0 spiro atoms. The van der Waals surface area contributed by atoms with E-state index >= 15 is 0 Å². The minimum atomic E-state index is -0.114. The topological polar surface area (TPSA) is 59.8 Å². The van der Waals surface area contributed by atoms with Gasteiger partial charge in [0.2, 0.25) is 5.91 Å². The first-order valence-corrected chi connectivity index (χ1v) is 12.0. The van der Waals surface area contributed by atoms with Gasteiger partial charge in [-0.05, 0) is 62.2 Å². The molecule has 0 saturated carbocycles. The third-order valence-electron chi connectivity index (χ3n) is 5.15. The molecule has 0 radical (unpaired) electrons. The minimum absolute atomic E-state index is 0.114. The fourth-order valence-electron chi connectivity index (χ4n) is 3.51. The summed E-state index contributed by atoms with van der Waals surface area (Å²) in [4.78, 5) is 12.7. The van der Waals surface area contributed by atoms with Crippen molar-refractivity contribution in [3.8, 4) is 17.1 Å². The maximum Gasteiger partial charge on any atom is 0.234 e. The van der Waals surface area contributed by atoms with Crippen molar-refractivity contribution in [3.63, 3.8) is 0 Å². The molecule has 33 heavy (non-hydrogen) atoms. The molecule has 3 aromatic carbocycles. The maximum atomic E-state index is 12.7. The van der Waals surface area contributed by atoms with Crippen LogP contribution < -0.4 is 5.32 Å². The molecule has 0 fully saturated rings. The molecule has 8 heteroatoms. The van der Waals surface area contributed by atoms with Gasteiger partial charge in [0.15, 0.2) is 11.0 Å². The average molecular weight is 497 g/mol. The highest BCUT2D eigenvalue weighted by Crippen LogP contribution is 2.34. The number of thioether (sulfide) groups is 1. The van der Waals surface area contributed by atoms with Crippen molar-refractivity contribution in [1.29, 1.82) is 0 Å². The molecule has 1 heterocycles. The van der Waals surface area contributed by atoms with Gasteiger partial charge >= 0.3 is 0 Å². The number of aromatic nitrogens is 3. The first-order valence-electron chi connectivity index (χ1n) is 10.3. The lowest BCUT2D eigenvalue weighted by molar-refractivity contribution is -0.113. The Morgan fingerprint density at radius 3 is 2.48 bits per heavy atom. The van der Waals surface area contributed by atoms with Crippen LogP contribution in [0.2, 0.25) is 10.0 Å². The van der Waals surface area contributed by atoms with Crippen molar-refractivity contribution in [2.75, 3.05) is 11.1 Å². The number of para-hydroxylation sites is 1. The van der Waals surface area contributed by atoms with Gasteiger partial charge in [-0.2, -0.15) is 0 Å². The van der Waals surface area contributed by atoms with Crippen LogP contribution >= 0.6 is 35.0 Å². The van der Waals surface area contributed by atoms with E-state index in [9.17, 15) is 4.79 Å². The molecule has 0 saturated heterocycles. The predicted molar refractivity (Wildman–Crippen MR) is 137 cm³/mol. The quantitative estimate of drug-likeness (QED) is 0.295. The van der Waals surface area contributed by atoms with E-state index in [1.165, 1.54) is 11.8 Å². The van der Waals surface area contributed by atoms with E-state index in [2.05, 4.69) is 15.5 Å². The molecular weight excluding hydrogens is 475 g/mol. The number of nitrogens with one attached hydrogen (secondary N) is 1. The monoisotopic (exact) mass is 496 g/mol. The Morgan fingerprint density at radius 1 is 0.970 bits per heavy atom. The molecular formula is C25H22Cl2N4OS. The van der Waals surface area contributed by atoms with Crippen LogP contribution in [0.5, 0.6) is 0 Å². The molecule has 0 aliphatic rings. The molecule has 5 nitrogen and oxygen atoms in total. The number of rotatable bonds is 6. The zero-order valence-corrected chi connectivity index (χ0v) is 20.7. The van der Waals surface area contributed by atoms with E-state index in [1.807, 2.05) is 73.9 Å². The number of hydrogen-bond donors (Lipinski definition) is 1. The lowest BCUT2D eigenvalue weighted by Crippen LogP contribution is -2.15. The van der Waals surface area contributed by atoms with Gasteiger partial charge in [0.05, 0.1) is 16.5 Å². The summed E-state index contributed by atoms with van der Waals surface area (Å²) < 4.78 is 1.93. The second-order valence-corrected chi connectivity index (χ2v) is 9.49. The van der Waals surface area contributed by atoms with Crippen LogP contribution in [0, 0.1) is 20.8 Å². The first-order chi connectivity index (χ1) is 15.8. The van der Waals surface area contributed by atoms with E-state index in [4.69, 9.17) is 23.2 Å². The number of amides is 1. The number of nitrogens with zero attached hydrogens (tertiary/aromatic N) is 3. The van der Waals surface area contributed by atoms with Gasteiger partial charge in [-0.25, -0.2) is 0 Å². The third kappa shape index (κ3) is 5.24. The lowest BCUT2D eigenvalue weighted by Gasteiger charge is -2.14. The van der Waals surface area contributed by atoms with Crippen molar-refractivity contribution in [1.82, 2.24) is 14.8 Å². The van der Waals surface area contributed by atoms with Crippen molar-refractivity contribution < 1.29 is 4.79 Å². The number of anilines is 1. The summed E-state index contributed by atoms with van der Waals surface area (Å²) in [5.74, 6) is 0.659. The molecule has 1 amide bonds. The first kappa shape index (κ1) is 23.4. The van der Waals surface area contributed by atoms with Crippen LogP contribution in [0.4, 0.5) is 5.69 Å². The summed E-state index contributed by atoms with van der Waals surface area (Å²) in [5, 5.41) is 13.4. The molecule has 4 rings (SSSR count). The smallest absolute Gasteiger partial charge is 0.234 e. The summed E-state index contributed by atoms with van der Waals surface area (Å²) in [6.45, 7) is 6.02. The standard InChI is InChI=1S/C25H22Cl2N4OS/c1-15-8-11-21(17(3)12-15)28-23(32)14-33-25-30-29-24(19-10-9-18(26)13-20(19)27)31(25)22-7-5-4-6-16(22)2/h4-13H,14H2,1-3H3,(H,28,32). The van der Waals surface area contributed by atoms with E-state index < -0.39 is 0 Å². The van der Waals surface area contributed by atoms with Gasteiger partial charge in [0.25, 0.3) is 0 Å². The second-order valence-electron chi connectivity index (χ2n) is 7.71. The van der Waals surface area contributed by atoms with Gasteiger partial charge in [-0.3, -0.25) is 9.36 Å². The summed E-state index contributed by atoms with van der Waals surface area (Å²) in [7, 11) is 0. The molecule has 4 aromatic rings. The fraction of sp³-hybridized carbons (Fsp3) is 0.160. The number of hydrogen-bond acceptors (Lipinski definition) is 4. The Kier molecular flexibility index (Phi) is 7.08. The van der Waals surface area contributed by atoms with E-state index in [0.717, 1.165) is 28.1 Å². The number of halogens is 2. The molecule has 0 atom stereocenters. The van der Waals surface area contributed by atoms with Gasteiger partial charge in [0.1, 0.15) is 0 Å². The molecule has 0 aliphatic heterocycles. The van der Waals surface area contributed by atoms with Gasteiger partial charge < -0.3 is 5.32 Å². The number of carbonyl (C=O) groups excluding carboxylic acids is 1. The van der Waals surface area contributed by atoms with Crippen LogP contribution in [-0.4, -0.2) is 26.4 Å². The Balaban J connectivity index is 1.65. The Morgan fingerprint density at radius 2 is 1.76 bits per heavy atom. The second kappa shape index (κ2) is 10.00. The molecule has 0 unspecified atom stereocenters. The highest BCUT2D eigenvalue weighted by molar-refractivity contribution is 7.99. The van der Waals surface area contributed by atoms with Crippen LogP contribution in [0.25, 0.3) is 17.1 Å². The van der Waals surface area contributed by atoms with E-state index in [0.29, 0.717) is 26.6 Å². The van der Waals surface area contributed by atoms with Gasteiger partial charge in [-0.1, -0.05) is 70.9 Å². The van der Waals surface area contributed by atoms with Gasteiger partial charge in [0, 0.05) is 16.3 Å². The largest absolute Gasteiger partial charge is 0.325 e. The molecule has 1 N–H and O–H groups in total. The lowest BCUT2D eigenvalue weighted by atomic mass is 10.1. The molecule has 0 bridgehead atoms. The summed E-state index contributed by atoms with van der Waals surface area (Å²) in [6.07, 6.45) is 0. The summed E-state index contributed by atoms with van der Waals surface area (Å²) >= 11 is 13.9. The van der Waals surface area contributed by atoms with Gasteiger partial charge in [-0.15, -0.1) is 10.2 Å². The predicted octanol–water partition coefficient (Wildman–Crippen LogP) is 6.90. The maximum absolute atomic E-state index is 12.7. The van der Waals surface area contributed by atoms with E-state index in [-0.39, 0.29) is 11.7 Å². The van der Waals surface area contributed by atoms with E-state index in [1.54, 1.807) is 12.1 Å². The Hall–Kier alpha value is -2.80. The summed E-state index contributed by atoms with van der Waals surface area (Å²) in [5.41, 5.74) is 5.66. The minimum Gasteiger partial charge on any atom is -0.325 e. The van der Waals surface area contributed by atoms with Crippen LogP contribution in [-0.2, 0) is 4.79 Å².